The predicted molar refractivity (Wildman–Crippen MR) is 133 cm³/mol. The molecule has 1 aromatic heterocycles. The van der Waals surface area contributed by atoms with Gasteiger partial charge in [-0.2, -0.15) is 0 Å². The fraction of sp³-hybridized carbons (Fsp3) is 0.400. The Balaban J connectivity index is 1.34. The van der Waals surface area contributed by atoms with Gasteiger partial charge in [-0.3, -0.25) is 4.90 Å². The minimum Gasteiger partial charge on any atom is -0.369 e. The SMILES string of the molecule is CN(C)CCCNc1nc(CN2CCN(C(=O)Nc3ccc(F)cc3)CC2)nc2ccccc12. The Morgan fingerprint density at radius 1 is 1.03 bits per heavy atom. The summed E-state index contributed by atoms with van der Waals surface area (Å²) in [4.78, 5) is 28.4. The summed E-state index contributed by atoms with van der Waals surface area (Å²) in [6.07, 6.45) is 1.03. The van der Waals surface area contributed by atoms with Gasteiger partial charge in [0.15, 0.2) is 0 Å². The smallest absolute Gasteiger partial charge is 0.321 e. The molecular weight excluding hydrogens is 433 g/mol. The molecule has 0 bridgehead atoms. The molecule has 0 atom stereocenters. The number of benzene rings is 2. The van der Waals surface area contributed by atoms with Gasteiger partial charge in [-0.05, 0) is 63.5 Å². The third kappa shape index (κ3) is 6.39. The molecule has 4 rings (SSSR count). The number of piperazine rings is 1. The van der Waals surface area contributed by atoms with Gasteiger partial charge < -0.3 is 20.4 Å². The molecule has 1 fully saturated rings. The molecule has 34 heavy (non-hydrogen) atoms. The molecule has 1 aliphatic rings. The summed E-state index contributed by atoms with van der Waals surface area (Å²) in [6.45, 7) is 5.18. The number of halogens is 1. The molecule has 2 aromatic carbocycles. The molecule has 1 aliphatic heterocycles. The minimum absolute atomic E-state index is 0.169. The highest BCUT2D eigenvalue weighted by molar-refractivity contribution is 5.89. The first kappa shape index (κ1) is 23.8. The fourth-order valence-corrected chi connectivity index (χ4v) is 3.98. The summed E-state index contributed by atoms with van der Waals surface area (Å²) in [5, 5.41) is 7.34. The highest BCUT2D eigenvalue weighted by Gasteiger charge is 2.22. The molecule has 0 spiro atoms. The maximum Gasteiger partial charge on any atom is 0.321 e. The number of anilines is 2. The molecule has 2 amide bonds. The van der Waals surface area contributed by atoms with E-state index in [1.807, 2.05) is 24.3 Å². The summed E-state index contributed by atoms with van der Waals surface area (Å²) < 4.78 is 13.1. The minimum atomic E-state index is -0.325. The Hall–Kier alpha value is -3.30. The average Bonchev–Trinajstić information content (AvgIpc) is 2.83. The number of urea groups is 1. The van der Waals surface area contributed by atoms with Crippen LogP contribution in [0.2, 0.25) is 0 Å². The van der Waals surface area contributed by atoms with E-state index in [1.54, 1.807) is 17.0 Å². The summed E-state index contributed by atoms with van der Waals surface area (Å²) in [5.74, 6) is 1.32. The number of fused-ring (bicyclic) bond motifs is 1. The molecule has 0 saturated carbocycles. The largest absolute Gasteiger partial charge is 0.369 e. The summed E-state index contributed by atoms with van der Waals surface area (Å²) in [6, 6.07) is 13.7. The molecule has 0 unspecified atom stereocenters. The number of hydrogen-bond donors (Lipinski definition) is 2. The van der Waals surface area contributed by atoms with Crippen LogP contribution in [0.4, 0.5) is 20.7 Å². The Bertz CT molecular complexity index is 1100. The second-order valence-electron chi connectivity index (χ2n) is 8.79. The van der Waals surface area contributed by atoms with E-state index in [2.05, 4.69) is 34.5 Å². The van der Waals surface area contributed by atoms with Gasteiger partial charge in [-0.25, -0.2) is 19.2 Å². The van der Waals surface area contributed by atoms with Crippen LogP contribution in [-0.4, -0.2) is 84.1 Å². The summed E-state index contributed by atoms with van der Waals surface area (Å²) in [7, 11) is 4.15. The number of para-hydroxylation sites is 1. The van der Waals surface area contributed by atoms with Gasteiger partial charge in [0.2, 0.25) is 0 Å². The lowest BCUT2D eigenvalue weighted by molar-refractivity contribution is 0.141. The molecule has 8 nitrogen and oxygen atoms in total. The highest BCUT2D eigenvalue weighted by atomic mass is 19.1. The zero-order valence-electron chi connectivity index (χ0n) is 19.8. The van der Waals surface area contributed by atoms with Crippen molar-refractivity contribution in [2.24, 2.45) is 0 Å². The second kappa shape index (κ2) is 11.2. The van der Waals surface area contributed by atoms with Crippen LogP contribution in [0.25, 0.3) is 10.9 Å². The number of nitrogens with one attached hydrogen (secondary N) is 2. The number of amides is 2. The Morgan fingerprint density at radius 2 is 1.76 bits per heavy atom. The molecule has 0 aliphatic carbocycles. The first-order valence-corrected chi connectivity index (χ1v) is 11.7. The number of carbonyl (C=O) groups is 1. The van der Waals surface area contributed by atoms with Gasteiger partial charge in [0.05, 0.1) is 12.1 Å². The lowest BCUT2D eigenvalue weighted by Crippen LogP contribution is -2.49. The van der Waals surface area contributed by atoms with E-state index in [-0.39, 0.29) is 11.8 Å². The monoisotopic (exact) mass is 465 g/mol. The van der Waals surface area contributed by atoms with Crippen molar-refractivity contribution in [3.63, 3.8) is 0 Å². The van der Waals surface area contributed by atoms with E-state index in [9.17, 15) is 9.18 Å². The number of aromatic nitrogens is 2. The molecule has 2 heterocycles. The van der Waals surface area contributed by atoms with Crippen LogP contribution in [-0.2, 0) is 6.54 Å². The lowest BCUT2D eigenvalue weighted by atomic mass is 10.2. The third-order valence-corrected chi connectivity index (χ3v) is 5.84. The van der Waals surface area contributed by atoms with Crippen LogP contribution in [0, 0.1) is 5.82 Å². The van der Waals surface area contributed by atoms with Gasteiger partial charge in [0.25, 0.3) is 0 Å². The third-order valence-electron chi connectivity index (χ3n) is 5.84. The van der Waals surface area contributed by atoms with E-state index in [0.717, 1.165) is 55.1 Å². The summed E-state index contributed by atoms with van der Waals surface area (Å²) in [5.41, 5.74) is 1.52. The van der Waals surface area contributed by atoms with Gasteiger partial charge in [-0.1, -0.05) is 12.1 Å². The molecule has 1 saturated heterocycles. The summed E-state index contributed by atoms with van der Waals surface area (Å²) >= 11 is 0. The Labute approximate surface area is 199 Å². The predicted octanol–water partition coefficient (Wildman–Crippen LogP) is 3.48. The molecule has 2 N–H and O–H groups in total. The molecular formula is C25H32FN7O. The second-order valence-corrected chi connectivity index (χ2v) is 8.79. The van der Waals surface area contributed by atoms with Gasteiger partial charge in [0.1, 0.15) is 17.5 Å². The average molecular weight is 466 g/mol. The van der Waals surface area contributed by atoms with Crippen molar-refractivity contribution in [3.05, 3.63) is 60.2 Å². The molecule has 9 heteroatoms. The van der Waals surface area contributed by atoms with Gasteiger partial charge in [0, 0.05) is 43.8 Å². The van der Waals surface area contributed by atoms with Gasteiger partial charge in [-0.15, -0.1) is 0 Å². The number of nitrogens with zero attached hydrogens (tertiary/aromatic N) is 5. The zero-order chi connectivity index (χ0) is 23.9. The number of rotatable bonds is 8. The van der Waals surface area contributed by atoms with Gasteiger partial charge >= 0.3 is 6.03 Å². The van der Waals surface area contributed by atoms with Crippen molar-refractivity contribution in [2.75, 3.05) is 64.0 Å². The maximum absolute atomic E-state index is 13.1. The van der Waals surface area contributed by atoms with Crippen LogP contribution in [0.15, 0.2) is 48.5 Å². The normalized spacial score (nSPS) is 14.5. The van der Waals surface area contributed by atoms with Crippen LogP contribution in [0.1, 0.15) is 12.2 Å². The topological polar surface area (TPSA) is 76.6 Å². The standard InChI is InChI=1S/C25H32FN7O/c1-31(2)13-5-12-27-24-21-6-3-4-7-22(21)29-23(30-24)18-32-14-16-33(17-15-32)25(34)28-20-10-8-19(26)9-11-20/h3-4,6-11H,5,12-18H2,1-2H3,(H,28,34)(H,27,29,30). The van der Waals surface area contributed by atoms with Crippen molar-refractivity contribution in [1.29, 1.82) is 0 Å². The Morgan fingerprint density at radius 3 is 2.50 bits per heavy atom. The van der Waals surface area contributed by atoms with E-state index in [1.165, 1.54) is 12.1 Å². The quantitative estimate of drug-likeness (QED) is 0.496. The van der Waals surface area contributed by atoms with Crippen molar-refractivity contribution in [3.8, 4) is 0 Å². The first-order chi connectivity index (χ1) is 16.5. The lowest BCUT2D eigenvalue weighted by Gasteiger charge is -2.34. The maximum atomic E-state index is 13.1. The van der Waals surface area contributed by atoms with E-state index < -0.39 is 0 Å². The number of hydrogen-bond acceptors (Lipinski definition) is 6. The van der Waals surface area contributed by atoms with E-state index >= 15 is 0 Å². The number of carbonyl (C=O) groups excluding carboxylic acids is 1. The zero-order valence-corrected chi connectivity index (χ0v) is 19.8. The Kier molecular flexibility index (Phi) is 7.87. The molecule has 0 radical (unpaired) electrons. The van der Waals surface area contributed by atoms with E-state index in [0.29, 0.717) is 25.3 Å². The van der Waals surface area contributed by atoms with Crippen LogP contribution in [0.5, 0.6) is 0 Å². The molecule has 180 valence electrons. The van der Waals surface area contributed by atoms with Crippen molar-refractivity contribution in [1.82, 2.24) is 24.7 Å². The highest BCUT2D eigenvalue weighted by Crippen LogP contribution is 2.21. The van der Waals surface area contributed by atoms with Crippen LogP contribution >= 0.6 is 0 Å². The van der Waals surface area contributed by atoms with Crippen molar-refractivity contribution >= 4 is 28.4 Å². The van der Waals surface area contributed by atoms with Crippen LogP contribution < -0.4 is 10.6 Å². The van der Waals surface area contributed by atoms with Crippen molar-refractivity contribution < 1.29 is 9.18 Å². The van der Waals surface area contributed by atoms with E-state index in [4.69, 9.17) is 9.97 Å². The molecule has 3 aromatic rings. The van der Waals surface area contributed by atoms with Crippen molar-refractivity contribution in [2.45, 2.75) is 13.0 Å². The fourth-order valence-electron chi connectivity index (χ4n) is 3.98. The first-order valence-electron chi connectivity index (χ1n) is 11.7. The van der Waals surface area contributed by atoms with Crippen LogP contribution in [0.3, 0.4) is 0 Å².